The van der Waals surface area contributed by atoms with E-state index >= 15 is 0 Å². The predicted molar refractivity (Wildman–Crippen MR) is 99.2 cm³/mol. The fraction of sp³-hybridized carbons (Fsp3) is 0.222. The minimum absolute atomic E-state index is 0.179. The molecule has 0 bridgehead atoms. The van der Waals surface area contributed by atoms with Crippen LogP contribution in [0.2, 0.25) is 0 Å². The first-order valence-corrected chi connectivity index (χ1v) is 9.58. The number of benzene rings is 2. The van der Waals surface area contributed by atoms with E-state index in [2.05, 4.69) is 10.0 Å². The van der Waals surface area contributed by atoms with E-state index in [0.29, 0.717) is 24.2 Å². The van der Waals surface area contributed by atoms with Crippen LogP contribution in [0.15, 0.2) is 53.4 Å². The molecule has 0 aliphatic carbocycles. The van der Waals surface area contributed by atoms with Gasteiger partial charge in [-0.1, -0.05) is 19.1 Å². The van der Waals surface area contributed by atoms with Gasteiger partial charge in [-0.3, -0.25) is 9.59 Å². The van der Waals surface area contributed by atoms with E-state index in [9.17, 15) is 18.0 Å². The summed E-state index contributed by atoms with van der Waals surface area (Å²) in [5.74, 6) is -0.705. The molecule has 0 fully saturated rings. The van der Waals surface area contributed by atoms with Crippen molar-refractivity contribution in [1.29, 1.82) is 0 Å². The van der Waals surface area contributed by atoms with E-state index in [4.69, 9.17) is 5.73 Å². The number of anilines is 1. The van der Waals surface area contributed by atoms with Crippen LogP contribution in [0.1, 0.15) is 29.3 Å². The Balaban J connectivity index is 1.90. The first kappa shape index (κ1) is 19.6. The molecule has 138 valence electrons. The summed E-state index contributed by atoms with van der Waals surface area (Å²) in [6.45, 7) is 2.04. The van der Waals surface area contributed by atoms with E-state index in [1.807, 2.05) is 0 Å². The molecule has 0 radical (unpaired) electrons. The van der Waals surface area contributed by atoms with Crippen molar-refractivity contribution in [3.8, 4) is 0 Å². The smallest absolute Gasteiger partial charge is 0.248 e. The van der Waals surface area contributed by atoms with Gasteiger partial charge in [0.25, 0.3) is 0 Å². The second kappa shape index (κ2) is 8.59. The van der Waals surface area contributed by atoms with Crippen LogP contribution < -0.4 is 15.8 Å². The molecule has 0 aliphatic rings. The molecule has 0 atom stereocenters. The third kappa shape index (κ3) is 5.40. The Hall–Kier alpha value is -2.71. The first-order valence-electron chi connectivity index (χ1n) is 8.10. The maximum atomic E-state index is 12.0. The highest BCUT2D eigenvalue weighted by atomic mass is 32.2. The average Bonchev–Trinajstić information content (AvgIpc) is 2.61. The molecule has 0 aromatic heterocycles. The summed E-state index contributed by atoms with van der Waals surface area (Å²) in [6, 6.07) is 12.7. The van der Waals surface area contributed by atoms with Gasteiger partial charge in [-0.2, -0.15) is 0 Å². The lowest BCUT2D eigenvalue weighted by Crippen LogP contribution is -2.23. The van der Waals surface area contributed by atoms with Gasteiger partial charge in [0.15, 0.2) is 0 Å². The van der Waals surface area contributed by atoms with Gasteiger partial charge in [-0.25, -0.2) is 13.1 Å². The summed E-state index contributed by atoms with van der Waals surface area (Å²) in [6.07, 6.45) is 0.726. The van der Waals surface area contributed by atoms with E-state index in [1.165, 1.54) is 12.1 Å². The van der Waals surface area contributed by atoms with Crippen LogP contribution in [0, 0.1) is 0 Å². The van der Waals surface area contributed by atoms with Crippen LogP contribution in [0.25, 0.3) is 0 Å². The molecule has 7 nitrogen and oxygen atoms in total. The third-order valence-electron chi connectivity index (χ3n) is 3.66. The van der Waals surface area contributed by atoms with Crippen molar-refractivity contribution in [2.75, 3.05) is 11.9 Å². The highest BCUT2D eigenvalue weighted by molar-refractivity contribution is 7.89. The Morgan fingerprint density at radius 3 is 2.15 bits per heavy atom. The predicted octanol–water partition coefficient (Wildman–Crippen LogP) is 1.65. The lowest BCUT2D eigenvalue weighted by Gasteiger charge is -2.07. The molecule has 2 aromatic carbocycles. The molecule has 0 aliphatic heterocycles. The monoisotopic (exact) mass is 375 g/mol. The lowest BCUT2D eigenvalue weighted by atomic mass is 10.1. The van der Waals surface area contributed by atoms with Crippen molar-refractivity contribution in [3.05, 3.63) is 59.7 Å². The Morgan fingerprint density at radius 1 is 1.00 bits per heavy atom. The number of sulfonamides is 1. The van der Waals surface area contributed by atoms with Gasteiger partial charge >= 0.3 is 0 Å². The standard InChI is InChI=1S/C18H21N3O4S/c1-2-20-26(24,25)16-10-3-13(4-11-16)5-12-17(22)21-15-8-6-14(7-9-15)18(19)23/h3-4,6-11,20H,2,5,12H2,1H3,(H2,19,23)(H,21,22). The van der Waals surface area contributed by atoms with Crippen LogP contribution in [0.4, 0.5) is 5.69 Å². The number of carbonyl (C=O) groups is 2. The van der Waals surface area contributed by atoms with E-state index in [0.717, 1.165) is 5.56 Å². The van der Waals surface area contributed by atoms with Crippen LogP contribution in [0.3, 0.4) is 0 Å². The van der Waals surface area contributed by atoms with Gasteiger partial charge in [0, 0.05) is 24.2 Å². The first-order chi connectivity index (χ1) is 12.3. The molecule has 26 heavy (non-hydrogen) atoms. The van der Waals surface area contributed by atoms with Crippen molar-refractivity contribution in [2.24, 2.45) is 5.73 Å². The van der Waals surface area contributed by atoms with E-state index in [1.54, 1.807) is 43.3 Å². The maximum Gasteiger partial charge on any atom is 0.248 e. The molecular formula is C18H21N3O4S. The average molecular weight is 375 g/mol. The van der Waals surface area contributed by atoms with E-state index < -0.39 is 15.9 Å². The molecule has 0 saturated carbocycles. The largest absolute Gasteiger partial charge is 0.366 e. The Labute approximate surface area is 152 Å². The highest BCUT2D eigenvalue weighted by Gasteiger charge is 2.12. The van der Waals surface area contributed by atoms with Crippen molar-refractivity contribution in [1.82, 2.24) is 4.72 Å². The Kier molecular flexibility index (Phi) is 6.48. The van der Waals surface area contributed by atoms with Crippen molar-refractivity contribution in [2.45, 2.75) is 24.7 Å². The maximum absolute atomic E-state index is 12.0. The number of hydrogen-bond acceptors (Lipinski definition) is 4. The SMILES string of the molecule is CCNS(=O)(=O)c1ccc(CCC(=O)Nc2ccc(C(N)=O)cc2)cc1. The molecule has 2 aromatic rings. The number of nitrogens with two attached hydrogens (primary N) is 1. The molecular weight excluding hydrogens is 354 g/mol. The van der Waals surface area contributed by atoms with Gasteiger partial charge in [0.05, 0.1) is 4.90 Å². The quantitative estimate of drug-likeness (QED) is 0.650. The summed E-state index contributed by atoms with van der Waals surface area (Å²) < 4.78 is 26.2. The molecule has 4 N–H and O–H groups in total. The summed E-state index contributed by atoms with van der Waals surface area (Å²) in [5.41, 5.74) is 6.97. The number of aryl methyl sites for hydroxylation is 1. The Morgan fingerprint density at radius 2 is 1.62 bits per heavy atom. The fourth-order valence-corrected chi connectivity index (χ4v) is 3.35. The molecule has 2 rings (SSSR count). The highest BCUT2D eigenvalue weighted by Crippen LogP contribution is 2.13. The number of carbonyl (C=O) groups excluding carboxylic acids is 2. The number of primary amides is 1. The van der Waals surface area contributed by atoms with Crippen LogP contribution in [0.5, 0.6) is 0 Å². The molecule has 0 unspecified atom stereocenters. The van der Waals surface area contributed by atoms with Crippen molar-refractivity contribution >= 4 is 27.5 Å². The number of hydrogen-bond donors (Lipinski definition) is 3. The van der Waals surface area contributed by atoms with Crippen molar-refractivity contribution in [3.63, 3.8) is 0 Å². The summed E-state index contributed by atoms with van der Waals surface area (Å²) in [7, 11) is -3.47. The summed E-state index contributed by atoms with van der Waals surface area (Å²) >= 11 is 0. The second-order valence-corrected chi connectivity index (χ2v) is 7.40. The molecule has 0 heterocycles. The topological polar surface area (TPSA) is 118 Å². The minimum Gasteiger partial charge on any atom is -0.366 e. The fourth-order valence-electron chi connectivity index (χ4n) is 2.31. The molecule has 8 heteroatoms. The normalized spacial score (nSPS) is 11.1. The van der Waals surface area contributed by atoms with Gasteiger partial charge < -0.3 is 11.1 Å². The lowest BCUT2D eigenvalue weighted by molar-refractivity contribution is -0.116. The van der Waals surface area contributed by atoms with Crippen molar-refractivity contribution < 1.29 is 18.0 Å². The second-order valence-electron chi connectivity index (χ2n) is 5.64. The van der Waals surface area contributed by atoms with Gasteiger partial charge in [-0.15, -0.1) is 0 Å². The zero-order valence-corrected chi connectivity index (χ0v) is 15.2. The van der Waals surface area contributed by atoms with Crippen LogP contribution in [-0.2, 0) is 21.2 Å². The van der Waals surface area contributed by atoms with E-state index in [-0.39, 0.29) is 17.2 Å². The van der Waals surface area contributed by atoms with Gasteiger partial charge in [-0.05, 0) is 48.4 Å². The van der Waals surface area contributed by atoms with Crippen LogP contribution >= 0.6 is 0 Å². The van der Waals surface area contributed by atoms with Crippen LogP contribution in [-0.4, -0.2) is 26.8 Å². The number of nitrogens with one attached hydrogen (secondary N) is 2. The summed E-state index contributed by atoms with van der Waals surface area (Å²) in [4.78, 5) is 23.2. The zero-order valence-electron chi connectivity index (χ0n) is 14.4. The number of amides is 2. The number of rotatable bonds is 8. The molecule has 2 amide bonds. The minimum atomic E-state index is -3.47. The Bertz CT molecular complexity index is 876. The summed E-state index contributed by atoms with van der Waals surface area (Å²) in [5, 5.41) is 2.73. The molecule has 0 saturated heterocycles. The van der Waals surface area contributed by atoms with Gasteiger partial charge in [0.2, 0.25) is 21.8 Å². The molecule has 0 spiro atoms. The zero-order chi connectivity index (χ0) is 19.2. The van der Waals surface area contributed by atoms with Gasteiger partial charge in [0.1, 0.15) is 0 Å². The third-order valence-corrected chi connectivity index (χ3v) is 5.22.